The Bertz CT molecular complexity index is 541. The Hall–Kier alpha value is -1.66. The highest BCUT2D eigenvalue weighted by molar-refractivity contribution is 5.94. The Morgan fingerprint density at radius 1 is 1.50 bits per heavy atom. The molecule has 3 rings (SSSR count). The van der Waals surface area contributed by atoms with Gasteiger partial charge in [0.05, 0.1) is 6.61 Å². The van der Waals surface area contributed by atoms with E-state index in [0.717, 1.165) is 31.6 Å². The largest absolute Gasteiger partial charge is 0.505 e. The van der Waals surface area contributed by atoms with E-state index in [1.165, 1.54) is 12.3 Å². The van der Waals surface area contributed by atoms with E-state index in [-0.39, 0.29) is 17.5 Å². The van der Waals surface area contributed by atoms with Crippen molar-refractivity contribution in [3.63, 3.8) is 0 Å². The zero-order valence-electron chi connectivity index (χ0n) is 12.7. The lowest BCUT2D eigenvalue weighted by molar-refractivity contribution is -0.191. The SMILES string of the molecule is CC1CCC2(CC1)OCC(CNC(=O)c1ncccc1O)O2. The summed E-state index contributed by atoms with van der Waals surface area (Å²) in [5, 5.41) is 12.4. The van der Waals surface area contributed by atoms with E-state index < -0.39 is 11.7 Å². The third kappa shape index (κ3) is 3.23. The fraction of sp³-hybridized carbons (Fsp3) is 0.625. The predicted octanol–water partition coefficient (Wildman–Crippen LogP) is 1.84. The van der Waals surface area contributed by atoms with Gasteiger partial charge in [0.2, 0.25) is 0 Å². The highest BCUT2D eigenvalue weighted by Gasteiger charge is 2.43. The number of carbonyl (C=O) groups excluding carboxylic acids is 1. The van der Waals surface area contributed by atoms with Crippen LogP contribution in [0, 0.1) is 5.92 Å². The molecule has 1 aromatic rings. The number of nitrogens with zero attached hydrogens (tertiary/aromatic N) is 1. The summed E-state index contributed by atoms with van der Waals surface area (Å²) in [5.74, 6) is -0.250. The van der Waals surface area contributed by atoms with Gasteiger partial charge in [-0.25, -0.2) is 4.98 Å². The van der Waals surface area contributed by atoms with E-state index in [9.17, 15) is 9.90 Å². The summed E-state index contributed by atoms with van der Waals surface area (Å²) in [5.41, 5.74) is 0.0302. The van der Waals surface area contributed by atoms with Gasteiger partial charge in [0.25, 0.3) is 5.91 Å². The van der Waals surface area contributed by atoms with Gasteiger partial charge in [-0.05, 0) is 30.9 Å². The lowest BCUT2D eigenvalue weighted by atomic mass is 9.86. The Morgan fingerprint density at radius 2 is 2.27 bits per heavy atom. The van der Waals surface area contributed by atoms with Crippen molar-refractivity contribution in [1.29, 1.82) is 0 Å². The van der Waals surface area contributed by atoms with Gasteiger partial charge >= 0.3 is 0 Å². The minimum absolute atomic E-state index is 0.0302. The number of hydrogen-bond acceptors (Lipinski definition) is 5. The standard InChI is InChI=1S/C16H22N2O4/c1-11-4-6-16(7-5-11)21-10-12(22-16)9-18-15(20)14-13(19)3-2-8-17-14/h2-3,8,11-12,19H,4-7,9-10H2,1H3,(H,18,20). The number of hydrogen-bond donors (Lipinski definition) is 2. The molecule has 1 unspecified atom stereocenters. The van der Waals surface area contributed by atoms with Crippen LogP contribution in [0.2, 0.25) is 0 Å². The molecule has 1 amide bonds. The normalized spacial score (nSPS) is 31.3. The van der Waals surface area contributed by atoms with E-state index >= 15 is 0 Å². The minimum Gasteiger partial charge on any atom is -0.505 e. The maximum Gasteiger partial charge on any atom is 0.273 e. The van der Waals surface area contributed by atoms with Crippen molar-refractivity contribution >= 4 is 5.91 Å². The molecule has 0 radical (unpaired) electrons. The lowest BCUT2D eigenvalue weighted by Crippen LogP contribution is -2.38. The number of carbonyl (C=O) groups is 1. The second-order valence-corrected chi connectivity index (χ2v) is 6.23. The first-order valence-electron chi connectivity index (χ1n) is 7.82. The van der Waals surface area contributed by atoms with E-state index in [2.05, 4.69) is 17.2 Å². The van der Waals surface area contributed by atoms with Crippen molar-refractivity contribution < 1.29 is 19.4 Å². The molecule has 1 saturated carbocycles. The monoisotopic (exact) mass is 306 g/mol. The summed E-state index contributed by atoms with van der Waals surface area (Å²) in [7, 11) is 0. The molecule has 6 heteroatoms. The summed E-state index contributed by atoms with van der Waals surface area (Å²) >= 11 is 0. The van der Waals surface area contributed by atoms with E-state index in [0.29, 0.717) is 13.2 Å². The van der Waals surface area contributed by atoms with Crippen LogP contribution in [-0.2, 0) is 9.47 Å². The predicted molar refractivity (Wildman–Crippen MR) is 79.4 cm³/mol. The van der Waals surface area contributed by atoms with Gasteiger partial charge in [-0.15, -0.1) is 0 Å². The summed E-state index contributed by atoms with van der Waals surface area (Å²) in [6, 6.07) is 3.02. The number of ether oxygens (including phenoxy) is 2. The number of aromatic nitrogens is 1. The molecule has 1 spiro atoms. The molecule has 0 aromatic carbocycles. The molecule has 2 aliphatic rings. The maximum atomic E-state index is 12.0. The fourth-order valence-corrected chi connectivity index (χ4v) is 3.04. The highest BCUT2D eigenvalue weighted by atomic mass is 16.7. The Morgan fingerprint density at radius 3 is 3.00 bits per heavy atom. The van der Waals surface area contributed by atoms with Crippen LogP contribution in [0.5, 0.6) is 5.75 Å². The molecule has 2 fully saturated rings. The van der Waals surface area contributed by atoms with Crippen molar-refractivity contribution in [1.82, 2.24) is 10.3 Å². The zero-order chi connectivity index (χ0) is 15.6. The summed E-state index contributed by atoms with van der Waals surface area (Å²) in [6.07, 6.45) is 5.38. The molecular formula is C16H22N2O4. The van der Waals surface area contributed by atoms with Crippen LogP contribution in [0.4, 0.5) is 0 Å². The third-order valence-corrected chi connectivity index (χ3v) is 4.44. The van der Waals surface area contributed by atoms with Gasteiger partial charge < -0.3 is 19.9 Å². The average molecular weight is 306 g/mol. The maximum absolute atomic E-state index is 12.0. The molecule has 1 aliphatic heterocycles. The average Bonchev–Trinajstić information content (AvgIpc) is 2.92. The van der Waals surface area contributed by atoms with Crippen LogP contribution >= 0.6 is 0 Å². The summed E-state index contributed by atoms with van der Waals surface area (Å²) in [6.45, 7) is 3.09. The van der Waals surface area contributed by atoms with Gasteiger partial charge in [-0.1, -0.05) is 6.92 Å². The van der Waals surface area contributed by atoms with Gasteiger partial charge in [0.15, 0.2) is 11.5 Å². The smallest absolute Gasteiger partial charge is 0.273 e. The van der Waals surface area contributed by atoms with E-state index in [1.807, 2.05) is 0 Å². The van der Waals surface area contributed by atoms with Crippen molar-refractivity contribution in [2.24, 2.45) is 5.92 Å². The second-order valence-electron chi connectivity index (χ2n) is 6.23. The second kappa shape index (κ2) is 6.22. The quantitative estimate of drug-likeness (QED) is 0.890. The molecule has 2 heterocycles. The van der Waals surface area contributed by atoms with Gasteiger partial charge in [-0.2, -0.15) is 0 Å². The number of pyridine rings is 1. The van der Waals surface area contributed by atoms with E-state index in [1.54, 1.807) is 6.07 Å². The van der Waals surface area contributed by atoms with Crippen LogP contribution in [-0.4, -0.2) is 41.0 Å². The Balaban J connectivity index is 1.51. The molecule has 120 valence electrons. The van der Waals surface area contributed by atoms with Crippen LogP contribution in [0.15, 0.2) is 18.3 Å². The van der Waals surface area contributed by atoms with Crippen LogP contribution in [0.1, 0.15) is 43.1 Å². The third-order valence-electron chi connectivity index (χ3n) is 4.44. The van der Waals surface area contributed by atoms with E-state index in [4.69, 9.17) is 9.47 Å². The minimum atomic E-state index is -0.449. The molecule has 1 aromatic heterocycles. The summed E-state index contributed by atoms with van der Waals surface area (Å²) < 4.78 is 11.9. The Kier molecular flexibility index (Phi) is 4.31. The molecular weight excluding hydrogens is 284 g/mol. The molecule has 1 aliphatic carbocycles. The van der Waals surface area contributed by atoms with Crippen molar-refractivity contribution in [3.05, 3.63) is 24.0 Å². The number of aromatic hydroxyl groups is 1. The van der Waals surface area contributed by atoms with Crippen molar-refractivity contribution in [3.8, 4) is 5.75 Å². The Labute approximate surface area is 129 Å². The van der Waals surface area contributed by atoms with Gasteiger partial charge in [0, 0.05) is 25.6 Å². The summed E-state index contributed by atoms with van der Waals surface area (Å²) in [4.78, 5) is 15.9. The lowest BCUT2D eigenvalue weighted by Gasteiger charge is -2.34. The topological polar surface area (TPSA) is 80.7 Å². The fourth-order valence-electron chi connectivity index (χ4n) is 3.04. The zero-order valence-corrected chi connectivity index (χ0v) is 12.7. The van der Waals surface area contributed by atoms with Crippen molar-refractivity contribution in [2.45, 2.75) is 44.5 Å². The molecule has 1 atom stereocenters. The van der Waals surface area contributed by atoms with Crippen LogP contribution < -0.4 is 5.32 Å². The molecule has 0 bridgehead atoms. The first-order chi connectivity index (χ1) is 10.6. The number of amides is 1. The number of nitrogens with one attached hydrogen (secondary N) is 1. The van der Waals surface area contributed by atoms with Crippen molar-refractivity contribution in [2.75, 3.05) is 13.2 Å². The van der Waals surface area contributed by atoms with Crippen LogP contribution in [0.25, 0.3) is 0 Å². The first kappa shape index (κ1) is 15.2. The molecule has 2 N–H and O–H groups in total. The molecule has 1 saturated heterocycles. The molecule has 6 nitrogen and oxygen atoms in total. The van der Waals surface area contributed by atoms with Crippen LogP contribution in [0.3, 0.4) is 0 Å². The highest BCUT2D eigenvalue weighted by Crippen LogP contribution is 2.39. The van der Waals surface area contributed by atoms with Gasteiger partial charge in [0.1, 0.15) is 11.9 Å². The molecule has 22 heavy (non-hydrogen) atoms. The van der Waals surface area contributed by atoms with Gasteiger partial charge in [-0.3, -0.25) is 4.79 Å². The first-order valence-corrected chi connectivity index (χ1v) is 7.82. The number of rotatable bonds is 3.